The minimum absolute atomic E-state index is 0.491. The average molecular weight is 297 g/mol. The van der Waals surface area contributed by atoms with Crippen molar-refractivity contribution in [2.24, 2.45) is 0 Å². The smallest absolute Gasteiger partial charge is 0.187 e. The van der Waals surface area contributed by atoms with Crippen molar-refractivity contribution in [1.82, 2.24) is 15.0 Å². The topological polar surface area (TPSA) is 41.9 Å². The van der Waals surface area contributed by atoms with E-state index in [1.54, 1.807) is 6.07 Å². The van der Waals surface area contributed by atoms with Crippen molar-refractivity contribution < 1.29 is 0 Å². The standard InChI is InChI=1S/C11H11ClN4S.C2H6/c1-17-11-13-6-7-8(14-11)5-9(12)15-10(7)16-3-2-4-16;1-2/h5-6H,2-4H2,1H3;1-2H3. The summed E-state index contributed by atoms with van der Waals surface area (Å²) in [5.41, 5.74) is 0.867. The molecular formula is C13H17ClN4S. The fraction of sp³-hybridized carbons (Fsp3) is 0.462. The van der Waals surface area contributed by atoms with Crippen LogP contribution >= 0.6 is 23.4 Å². The van der Waals surface area contributed by atoms with Crippen molar-refractivity contribution in [1.29, 1.82) is 0 Å². The van der Waals surface area contributed by atoms with Crippen LogP contribution in [0, 0.1) is 0 Å². The predicted octanol–water partition coefficient (Wildman–Crippen LogP) is 3.64. The molecule has 2 aromatic heterocycles. The third-order valence-electron chi connectivity index (χ3n) is 2.84. The van der Waals surface area contributed by atoms with Crippen molar-refractivity contribution in [2.75, 3.05) is 24.2 Å². The third-order valence-corrected chi connectivity index (χ3v) is 3.60. The Kier molecular flexibility index (Phi) is 4.82. The van der Waals surface area contributed by atoms with Crippen LogP contribution in [0.2, 0.25) is 5.15 Å². The molecule has 0 saturated carbocycles. The normalized spacial score (nSPS) is 13.8. The molecule has 1 fully saturated rings. The van der Waals surface area contributed by atoms with Gasteiger partial charge in [-0.1, -0.05) is 37.2 Å². The van der Waals surface area contributed by atoms with Crippen molar-refractivity contribution in [3.8, 4) is 0 Å². The van der Waals surface area contributed by atoms with E-state index in [4.69, 9.17) is 11.6 Å². The molecule has 0 aliphatic carbocycles. The number of hydrogen-bond donors (Lipinski definition) is 0. The van der Waals surface area contributed by atoms with Crippen LogP contribution in [0.5, 0.6) is 0 Å². The van der Waals surface area contributed by atoms with Gasteiger partial charge in [-0.3, -0.25) is 0 Å². The first-order valence-electron chi connectivity index (χ1n) is 6.40. The van der Waals surface area contributed by atoms with Gasteiger partial charge < -0.3 is 4.90 Å². The maximum absolute atomic E-state index is 6.04. The number of thioether (sulfide) groups is 1. The SMILES string of the molecule is CC.CSc1ncc2c(N3CCC3)nc(Cl)cc2n1. The number of nitrogens with zero attached hydrogens (tertiary/aromatic N) is 4. The molecule has 0 amide bonds. The fourth-order valence-corrected chi connectivity index (χ4v) is 2.37. The van der Waals surface area contributed by atoms with Gasteiger partial charge in [-0.25, -0.2) is 15.0 Å². The van der Waals surface area contributed by atoms with E-state index in [1.807, 2.05) is 26.3 Å². The average Bonchev–Trinajstić information content (AvgIpc) is 2.38. The van der Waals surface area contributed by atoms with Gasteiger partial charge in [0.15, 0.2) is 5.16 Å². The number of fused-ring (bicyclic) bond motifs is 1. The molecule has 2 aromatic rings. The van der Waals surface area contributed by atoms with Crippen LogP contribution in [0.1, 0.15) is 20.3 Å². The second-order valence-corrected chi connectivity index (χ2v) is 5.06. The van der Waals surface area contributed by atoms with Crippen LogP contribution in [-0.2, 0) is 0 Å². The Labute approximate surface area is 122 Å². The van der Waals surface area contributed by atoms with E-state index >= 15 is 0 Å². The molecule has 3 rings (SSSR count). The molecular weight excluding hydrogens is 280 g/mol. The summed E-state index contributed by atoms with van der Waals surface area (Å²) in [6.45, 7) is 6.07. The Balaban J connectivity index is 0.000000637. The van der Waals surface area contributed by atoms with E-state index in [2.05, 4.69) is 19.9 Å². The fourth-order valence-electron chi connectivity index (χ4n) is 1.83. The number of pyridine rings is 1. The monoisotopic (exact) mass is 296 g/mol. The van der Waals surface area contributed by atoms with Gasteiger partial charge in [-0.2, -0.15) is 0 Å². The zero-order chi connectivity index (χ0) is 13.8. The Bertz CT molecular complexity index is 572. The molecule has 0 atom stereocenters. The number of aromatic nitrogens is 3. The first-order chi connectivity index (χ1) is 9.28. The van der Waals surface area contributed by atoms with Crippen LogP contribution in [-0.4, -0.2) is 34.3 Å². The number of hydrogen-bond acceptors (Lipinski definition) is 5. The summed E-state index contributed by atoms with van der Waals surface area (Å²) >= 11 is 7.56. The van der Waals surface area contributed by atoms with Gasteiger partial charge in [0.2, 0.25) is 0 Å². The van der Waals surface area contributed by atoms with E-state index in [9.17, 15) is 0 Å². The molecule has 0 bridgehead atoms. The maximum Gasteiger partial charge on any atom is 0.187 e. The summed E-state index contributed by atoms with van der Waals surface area (Å²) < 4.78 is 0. The van der Waals surface area contributed by atoms with Crippen molar-refractivity contribution in [2.45, 2.75) is 25.4 Å². The number of rotatable bonds is 2. The van der Waals surface area contributed by atoms with Gasteiger partial charge in [0.05, 0.1) is 10.9 Å². The first-order valence-corrected chi connectivity index (χ1v) is 8.00. The maximum atomic E-state index is 6.04. The largest absolute Gasteiger partial charge is 0.356 e. The summed E-state index contributed by atoms with van der Waals surface area (Å²) in [6, 6.07) is 1.79. The molecule has 3 heterocycles. The Morgan fingerprint density at radius 2 is 2.00 bits per heavy atom. The summed E-state index contributed by atoms with van der Waals surface area (Å²) in [4.78, 5) is 15.3. The Morgan fingerprint density at radius 1 is 1.26 bits per heavy atom. The number of halogens is 1. The van der Waals surface area contributed by atoms with Crippen molar-refractivity contribution in [3.05, 3.63) is 17.4 Å². The van der Waals surface area contributed by atoms with Gasteiger partial charge >= 0.3 is 0 Å². The zero-order valence-corrected chi connectivity index (χ0v) is 12.9. The highest BCUT2D eigenvalue weighted by Gasteiger charge is 2.19. The van der Waals surface area contributed by atoms with E-state index < -0.39 is 0 Å². The third kappa shape index (κ3) is 2.92. The first kappa shape index (κ1) is 14.3. The molecule has 1 aliphatic rings. The summed E-state index contributed by atoms with van der Waals surface area (Å²) in [5.74, 6) is 0.909. The van der Waals surface area contributed by atoms with Crippen LogP contribution in [0.25, 0.3) is 10.9 Å². The van der Waals surface area contributed by atoms with Crippen LogP contribution in [0.15, 0.2) is 17.4 Å². The molecule has 102 valence electrons. The molecule has 0 radical (unpaired) electrons. The van der Waals surface area contributed by atoms with Gasteiger partial charge in [-0.05, 0) is 12.7 Å². The highest BCUT2D eigenvalue weighted by atomic mass is 35.5. The predicted molar refractivity (Wildman–Crippen MR) is 82.3 cm³/mol. The Hall–Kier alpha value is -1.07. The second-order valence-electron chi connectivity index (χ2n) is 3.90. The molecule has 6 heteroatoms. The van der Waals surface area contributed by atoms with Crippen LogP contribution in [0.3, 0.4) is 0 Å². The van der Waals surface area contributed by atoms with Gasteiger partial charge in [0.25, 0.3) is 0 Å². The molecule has 1 saturated heterocycles. The lowest BCUT2D eigenvalue weighted by Gasteiger charge is -2.32. The lowest BCUT2D eigenvalue weighted by Crippen LogP contribution is -2.37. The lowest BCUT2D eigenvalue weighted by atomic mass is 10.2. The molecule has 1 aliphatic heterocycles. The molecule has 0 N–H and O–H groups in total. The lowest BCUT2D eigenvalue weighted by molar-refractivity contribution is 0.612. The van der Waals surface area contributed by atoms with Gasteiger partial charge in [0.1, 0.15) is 11.0 Å². The minimum atomic E-state index is 0.491. The molecule has 0 spiro atoms. The minimum Gasteiger partial charge on any atom is -0.356 e. The summed E-state index contributed by atoms with van der Waals surface area (Å²) in [5, 5.41) is 2.23. The van der Waals surface area contributed by atoms with Gasteiger partial charge in [0, 0.05) is 25.4 Å². The molecule has 19 heavy (non-hydrogen) atoms. The molecule has 4 nitrogen and oxygen atoms in total. The van der Waals surface area contributed by atoms with Crippen LogP contribution in [0.4, 0.5) is 5.82 Å². The highest BCUT2D eigenvalue weighted by molar-refractivity contribution is 7.98. The second kappa shape index (κ2) is 6.39. The quantitative estimate of drug-likeness (QED) is 0.481. The van der Waals surface area contributed by atoms with Crippen molar-refractivity contribution in [3.63, 3.8) is 0 Å². The zero-order valence-electron chi connectivity index (χ0n) is 11.4. The summed E-state index contributed by atoms with van der Waals surface area (Å²) in [7, 11) is 0. The highest BCUT2D eigenvalue weighted by Crippen LogP contribution is 2.29. The molecule has 0 unspecified atom stereocenters. The van der Waals surface area contributed by atoms with Gasteiger partial charge in [-0.15, -0.1) is 0 Å². The van der Waals surface area contributed by atoms with E-state index in [1.165, 1.54) is 18.2 Å². The van der Waals surface area contributed by atoms with Crippen LogP contribution < -0.4 is 4.90 Å². The van der Waals surface area contributed by atoms with E-state index in [0.717, 1.165) is 35.0 Å². The Morgan fingerprint density at radius 3 is 2.58 bits per heavy atom. The molecule has 0 aromatic carbocycles. The van der Waals surface area contributed by atoms with E-state index in [0.29, 0.717) is 5.15 Å². The van der Waals surface area contributed by atoms with Crippen molar-refractivity contribution >= 4 is 40.1 Å². The van der Waals surface area contributed by atoms with E-state index in [-0.39, 0.29) is 0 Å². The summed E-state index contributed by atoms with van der Waals surface area (Å²) in [6.07, 6.45) is 5.00. The number of anilines is 1.